The van der Waals surface area contributed by atoms with Crippen LogP contribution in [0.4, 0.5) is 0 Å². The molecule has 2 aromatic carbocycles. The minimum absolute atomic E-state index is 0.217. The molecule has 6 heteroatoms. The number of ether oxygens (including phenoxy) is 3. The van der Waals surface area contributed by atoms with Crippen LogP contribution in [0.15, 0.2) is 42.5 Å². The molecule has 0 atom stereocenters. The lowest BCUT2D eigenvalue weighted by Crippen LogP contribution is -2.41. The molecule has 0 radical (unpaired) electrons. The SMILES string of the molecule is COc1cc(C#N)ccc1OC(=O)C(C)(C)Oc1ccc(Cl)cc1. The molecule has 0 bridgehead atoms. The smallest absolute Gasteiger partial charge is 0.355 e. The van der Waals surface area contributed by atoms with Crippen molar-refractivity contribution in [3.05, 3.63) is 53.1 Å². The maximum Gasteiger partial charge on any atom is 0.355 e. The Morgan fingerprint density at radius 1 is 1.12 bits per heavy atom. The van der Waals surface area contributed by atoms with Crippen molar-refractivity contribution in [2.24, 2.45) is 0 Å². The molecule has 0 saturated carbocycles. The quantitative estimate of drug-likeness (QED) is 0.605. The van der Waals surface area contributed by atoms with E-state index in [4.69, 9.17) is 31.1 Å². The van der Waals surface area contributed by atoms with Crippen molar-refractivity contribution in [1.29, 1.82) is 5.26 Å². The summed E-state index contributed by atoms with van der Waals surface area (Å²) >= 11 is 5.83. The summed E-state index contributed by atoms with van der Waals surface area (Å²) in [6.45, 7) is 3.19. The molecular weight excluding hydrogens is 330 g/mol. The van der Waals surface area contributed by atoms with Gasteiger partial charge in [0.1, 0.15) is 5.75 Å². The molecule has 5 nitrogen and oxygen atoms in total. The van der Waals surface area contributed by atoms with Crippen LogP contribution >= 0.6 is 11.6 Å². The van der Waals surface area contributed by atoms with Gasteiger partial charge in [0.15, 0.2) is 11.5 Å². The Kier molecular flexibility index (Phi) is 5.32. The summed E-state index contributed by atoms with van der Waals surface area (Å²) in [6.07, 6.45) is 0. The number of carbonyl (C=O) groups is 1. The Bertz CT molecular complexity index is 779. The summed E-state index contributed by atoms with van der Waals surface area (Å²) in [7, 11) is 1.43. The van der Waals surface area contributed by atoms with Gasteiger partial charge in [-0.15, -0.1) is 0 Å². The van der Waals surface area contributed by atoms with Crippen LogP contribution in [0.1, 0.15) is 19.4 Å². The number of halogens is 1. The van der Waals surface area contributed by atoms with E-state index >= 15 is 0 Å². The highest BCUT2D eigenvalue weighted by atomic mass is 35.5. The van der Waals surface area contributed by atoms with Crippen LogP contribution in [0, 0.1) is 11.3 Å². The van der Waals surface area contributed by atoms with Gasteiger partial charge in [-0.1, -0.05) is 11.6 Å². The third-order valence-corrected chi connectivity index (χ3v) is 3.43. The van der Waals surface area contributed by atoms with Gasteiger partial charge >= 0.3 is 5.97 Å². The summed E-state index contributed by atoms with van der Waals surface area (Å²) in [4.78, 5) is 12.4. The molecule has 0 aliphatic rings. The van der Waals surface area contributed by atoms with E-state index in [1.807, 2.05) is 6.07 Å². The van der Waals surface area contributed by atoms with Gasteiger partial charge < -0.3 is 14.2 Å². The zero-order valence-electron chi connectivity index (χ0n) is 13.5. The summed E-state index contributed by atoms with van der Waals surface area (Å²) < 4.78 is 16.2. The Morgan fingerprint density at radius 3 is 2.38 bits per heavy atom. The van der Waals surface area contributed by atoms with Gasteiger partial charge in [0.25, 0.3) is 0 Å². The van der Waals surface area contributed by atoms with E-state index in [0.29, 0.717) is 22.1 Å². The molecule has 124 valence electrons. The molecule has 0 fully saturated rings. The fourth-order valence-electron chi connectivity index (χ4n) is 1.88. The standard InChI is InChI=1S/C18H16ClNO4/c1-18(2,24-14-7-5-13(19)6-8-14)17(21)23-15-9-4-12(11-20)10-16(15)22-3/h4-10H,1-3H3. The maximum absolute atomic E-state index is 12.4. The first kappa shape index (κ1) is 17.6. The van der Waals surface area contributed by atoms with Gasteiger partial charge in [-0.2, -0.15) is 5.26 Å². The first-order chi connectivity index (χ1) is 11.4. The van der Waals surface area contributed by atoms with E-state index in [2.05, 4.69) is 0 Å². The Hall–Kier alpha value is -2.71. The number of nitriles is 1. The van der Waals surface area contributed by atoms with Crippen LogP contribution in [-0.2, 0) is 4.79 Å². The molecule has 0 aliphatic heterocycles. The Balaban J connectivity index is 2.16. The summed E-state index contributed by atoms with van der Waals surface area (Å²) in [5.41, 5.74) is -0.824. The maximum atomic E-state index is 12.4. The van der Waals surface area contributed by atoms with Gasteiger partial charge in [-0.3, -0.25) is 0 Å². The average Bonchev–Trinajstić information content (AvgIpc) is 2.57. The lowest BCUT2D eigenvalue weighted by molar-refractivity contribution is -0.149. The second-order valence-electron chi connectivity index (χ2n) is 5.43. The van der Waals surface area contributed by atoms with E-state index < -0.39 is 11.6 Å². The molecule has 0 heterocycles. The topological polar surface area (TPSA) is 68.5 Å². The lowest BCUT2D eigenvalue weighted by atomic mass is 10.1. The van der Waals surface area contributed by atoms with Crippen molar-refractivity contribution in [3.63, 3.8) is 0 Å². The first-order valence-corrected chi connectivity index (χ1v) is 7.48. The number of esters is 1. The van der Waals surface area contributed by atoms with E-state index in [-0.39, 0.29) is 5.75 Å². The van der Waals surface area contributed by atoms with Crippen molar-refractivity contribution in [1.82, 2.24) is 0 Å². The highest BCUT2D eigenvalue weighted by Gasteiger charge is 2.33. The molecule has 0 N–H and O–H groups in total. The van der Waals surface area contributed by atoms with Crippen LogP contribution in [0.2, 0.25) is 5.02 Å². The number of hydrogen-bond donors (Lipinski definition) is 0. The van der Waals surface area contributed by atoms with Crippen molar-refractivity contribution in [2.45, 2.75) is 19.4 Å². The van der Waals surface area contributed by atoms with Crippen LogP contribution in [0.25, 0.3) is 0 Å². The van der Waals surface area contributed by atoms with Crippen molar-refractivity contribution in [2.75, 3.05) is 7.11 Å². The second kappa shape index (κ2) is 7.24. The number of methoxy groups -OCH3 is 1. The molecule has 0 saturated heterocycles. The van der Waals surface area contributed by atoms with Crippen molar-refractivity contribution in [3.8, 4) is 23.3 Å². The fraction of sp³-hybridized carbons (Fsp3) is 0.222. The number of carbonyl (C=O) groups excluding carboxylic acids is 1. The zero-order chi connectivity index (χ0) is 17.7. The van der Waals surface area contributed by atoms with Gasteiger partial charge in [0, 0.05) is 11.1 Å². The summed E-state index contributed by atoms with van der Waals surface area (Å²) in [5.74, 6) is 0.410. The minimum atomic E-state index is -1.23. The molecule has 24 heavy (non-hydrogen) atoms. The lowest BCUT2D eigenvalue weighted by Gasteiger charge is -2.24. The fourth-order valence-corrected chi connectivity index (χ4v) is 2.01. The number of rotatable bonds is 5. The first-order valence-electron chi connectivity index (χ1n) is 7.10. The normalized spacial score (nSPS) is 10.6. The van der Waals surface area contributed by atoms with Gasteiger partial charge in [-0.05, 0) is 50.2 Å². The number of benzene rings is 2. The predicted octanol–water partition coefficient (Wildman–Crippen LogP) is 3.98. The Morgan fingerprint density at radius 2 is 1.79 bits per heavy atom. The molecule has 0 spiro atoms. The average molecular weight is 346 g/mol. The third kappa shape index (κ3) is 4.18. The van der Waals surface area contributed by atoms with E-state index in [1.165, 1.54) is 25.3 Å². The van der Waals surface area contributed by atoms with Crippen LogP contribution < -0.4 is 14.2 Å². The van der Waals surface area contributed by atoms with E-state index in [1.54, 1.807) is 38.1 Å². The molecule has 2 aromatic rings. The molecule has 0 aliphatic carbocycles. The summed E-state index contributed by atoms with van der Waals surface area (Å²) in [6, 6.07) is 13.2. The Labute approximate surface area is 145 Å². The van der Waals surface area contributed by atoms with Crippen LogP contribution in [0.5, 0.6) is 17.2 Å². The van der Waals surface area contributed by atoms with Crippen LogP contribution in [-0.4, -0.2) is 18.7 Å². The number of nitrogens with zero attached hydrogens (tertiary/aromatic N) is 1. The van der Waals surface area contributed by atoms with Crippen molar-refractivity contribution >= 4 is 17.6 Å². The molecule has 2 rings (SSSR count). The monoisotopic (exact) mass is 345 g/mol. The highest BCUT2D eigenvalue weighted by Crippen LogP contribution is 2.30. The largest absolute Gasteiger partial charge is 0.493 e. The van der Waals surface area contributed by atoms with Crippen LogP contribution in [0.3, 0.4) is 0 Å². The van der Waals surface area contributed by atoms with Gasteiger partial charge in [0.05, 0.1) is 18.7 Å². The molecule has 0 unspecified atom stereocenters. The van der Waals surface area contributed by atoms with E-state index in [9.17, 15) is 4.79 Å². The molecular formula is C18H16ClNO4. The third-order valence-electron chi connectivity index (χ3n) is 3.17. The molecule has 0 amide bonds. The second-order valence-corrected chi connectivity index (χ2v) is 5.87. The summed E-state index contributed by atoms with van der Waals surface area (Å²) in [5, 5.41) is 9.47. The van der Waals surface area contributed by atoms with Gasteiger partial charge in [0.2, 0.25) is 5.60 Å². The number of hydrogen-bond acceptors (Lipinski definition) is 5. The van der Waals surface area contributed by atoms with Gasteiger partial charge in [-0.25, -0.2) is 4.79 Å². The molecule has 0 aromatic heterocycles. The minimum Gasteiger partial charge on any atom is -0.493 e. The highest BCUT2D eigenvalue weighted by molar-refractivity contribution is 6.30. The van der Waals surface area contributed by atoms with Crippen molar-refractivity contribution < 1.29 is 19.0 Å². The van der Waals surface area contributed by atoms with E-state index in [0.717, 1.165) is 0 Å². The predicted molar refractivity (Wildman–Crippen MR) is 89.5 cm³/mol. The zero-order valence-corrected chi connectivity index (χ0v) is 14.3.